The van der Waals surface area contributed by atoms with E-state index in [4.69, 9.17) is 0 Å². The fourth-order valence-corrected chi connectivity index (χ4v) is 3.18. The second-order valence-electron chi connectivity index (χ2n) is 6.43. The molecule has 1 aliphatic rings. The molecule has 4 nitrogen and oxygen atoms in total. The van der Waals surface area contributed by atoms with E-state index in [2.05, 4.69) is 47.6 Å². The zero-order valence-corrected chi connectivity index (χ0v) is 17.1. The molecule has 0 saturated carbocycles. The number of amides is 1. The van der Waals surface area contributed by atoms with Crippen LogP contribution in [0.25, 0.3) is 0 Å². The van der Waals surface area contributed by atoms with Gasteiger partial charge in [0, 0.05) is 26.1 Å². The summed E-state index contributed by atoms with van der Waals surface area (Å²) >= 11 is 0. The van der Waals surface area contributed by atoms with E-state index in [-0.39, 0.29) is 30.7 Å². The molecule has 1 aliphatic heterocycles. The van der Waals surface area contributed by atoms with E-state index in [1.165, 1.54) is 29.5 Å². The van der Waals surface area contributed by atoms with Gasteiger partial charge in [0.15, 0.2) is 0 Å². The van der Waals surface area contributed by atoms with Gasteiger partial charge in [-0.25, -0.2) is 0 Å². The fraction of sp³-hybridized carbons (Fsp3) is 0.632. The van der Waals surface area contributed by atoms with E-state index in [9.17, 15) is 4.79 Å². The largest absolute Gasteiger partial charge is 0.352 e. The number of carbonyl (C=O) groups excluding carboxylic acids is 1. The molecule has 0 fully saturated rings. The first-order valence-corrected chi connectivity index (χ1v) is 9.03. The van der Waals surface area contributed by atoms with Crippen LogP contribution in [-0.4, -0.2) is 30.4 Å². The van der Waals surface area contributed by atoms with Crippen molar-refractivity contribution in [1.82, 2.24) is 15.5 Å². The molecule has 1 heterocycles. The summed E-state index contributed by atoms with van der Waals surface area (Å²) in [5.74, 6) is 0.163. The lowest BCUT2D eigenvalue weighted by Gasteiger charge is -2.20. The second-order valence-corrected chi connectivity index (χ2v) is 6.43. The van der Waals surface area contributed by atoms with Gasteiger partial charge in [0.25, 0.3) is 0 Å². The number of nitrogens with one attached hydrogen (secondary N) is 2. The summed E-state index contributed by atoms with van der Waals surface area (Å²) in [5.41, 5.74) is 3.94. The van der Waals surface area contributed by atoms with Gasteiger partial charge in [-0.15, -0.1) is 24.8 Å². The van der Waals surface area contributed by atoms with Crippen LogP contribution in [-0.2, 0) is 24.4 Å². The summed E-state index contributed by atoms with van der Waals surface area (Å²) in [6, 6.07) is 6.50. The standard InChI is InChI=1S/C19H31N3O.2ClH/c1-3-9-22(10-4-2)11-5-6-19(23)21-13-16-7-8-17-14-20-15-18(17)12-16;;/h7-8,12,20H,3-6,9-11,13-15H2,1-2H3,(H,21,23);2*1H. The lowest BCUT2D eigenvalue weighted by atomic mass is 10.1. The van der Waals surface area contributed by atoms with Crippen LogP contribution in [0.15, 0.2) is 18.2 Å². The molecular weight excluding hydrogens is 357 g/mol. The van der Waals surface area contributed by atoms with Crippen molar-refractivity contribution in [3.8, 4) is 0 Å². The number of carbonyl (C=O) groups is 1. The maximum Gasteiger partial charge on any atom is 0.220 e. The van der Waals surface area contributed by atoms with Crippen molar-refractivity contribution < 1.29 is 4.79 Å². The van der Waals surface area contributed by atoms with Crippen LogP contribution < -0.4 is 10.6 Å². The van der Waals surface area contributed by atoms with E-state index in [1.807, 2.05) is 0 Å². The van der Waals surface area contributed by atoms with Crippen molar-refractivity contribution in [2.24, 2.45) is 0 Å². The number of nitrogens with zero attached hydrogens (tertiary/aromatic N) is 1. The van der Waals surface area contributed by atoms with Crippen LogP contribution in [0, 0.1) is 0 Å². The molecule has 0 bridgehead atoms. The molecule has 25 heavy (non-hydrogen) atoms. The van der Waals surface area contributed by atoms with Gasteiger partial charge in [-0.1, -0.05) is 32.0 Å². The van der Waals surface area contributed by atoms with Crippen molar-refractivity contribution in [3.63, 3.8) is 0 Å². The Morgan fingerprint density at radius 2 is 1.76 bits per heavy atom. The molecule has 0 spiro atoms. The van der Waals surface area contributed by atoms with E-state index >= 15 is 0 Å². The number of benzene rings is 1. The van der Waals surface area contributed by atoms with Crippen molar-refractivity contribution in [2.45, 2.75) is 59.2 Å². The first kappa shape index (κ1) is 24.2. The molecule has 0 aliphatic carbocycles. The van der Waals surface area contributed by atoms with Gasteiger partial charge < -0.3 is 15.5 Å². The van der Waals surface area contributed by atoms with Crippen molar-refractivity contribution in [3.05, 3.63) is 34.9 Å². The topological polar surface area (TPSA) is 44.4 Å². The Kier molecular flexibility index (Phi) is 13.0. The van der Waals surface area contributed by atoms with Gasteiger partial charge in [0.05, 0.1) is 0 Å². The zero-order chi connectivity index (χ0) is 16.5. The Bertz CT molecular complexity index is 505. The van der Waals surface area contributed by atoms with E-state index in [0.717, 1.165) is 39.1 Å². The number of fused-ring (bicyclic) bond motifs is 1. The molecule has 144 valence electrons. The highest BCUT2D eigenvalue weighted by molar-refractivity contribution is 5.85. The summed E-state index contributed by atoms with van der Waals surface area (Å²) in [4.78, 5) is 14.5. The lowest BCUT2D eigenvalue weighted by Crippen LogP contribution is -2.28. The second kappa shape index (κ2) is 13.4. The predicted molar refractivity (Wildman–Crippen MR) is 110 cm³/mol. The van der Waals surface area contributed by atoms with Crippen LogP contribution in [0.4, 0.5) is 0 Å². The third-order valence-electron chi connectivity index (χ3n) is 4.35. The van der Waals surface area contributed by atoms with Gasteiger partial charge in [-0.05, 0) is 55.6 Å². The van der Waals surface area contributed by atoms with Gasteiger partial charge in [-0.3, -0.25) is 4.79 Å². The first-order chi connectivity index (χ1) is 11.2. The molecule has 1 aromatic rings. The van der Waals surface area contributed by atoms with Crippen LogP contribution in [0.3, 0.4) is 0 Å². The Hall–Kier alpha value is -0.810. The Balaban J connectivity index is 0.00000288. The van der Waals surface area contributed by atoms with Gasteiger partial charge in [0.2, 0.25) is 5.91 Å². The molecule has 1 amide bonds. The monoisotopic (exact) mass is 389 g/mol. The molecular formula is C19H33Cl2N3O. The molecule has 2 rings (SSSR count). The average molecular weight is 390 g/mol. The first-order valence-electron chi connectivity index (χ1n) is 9.03. The average Bonchev–Trinajstić information content (AvgIpc) is 3.01. The van der Waals surface area contributed by atoms with Gasteiger partial charge in [-0.2, -0.15) is 0 Å². The number of halogens is 2. The number of hydrogen-bond donors (Lipinski definition) is 2. The van der Waals surface area contributed by atoms with E-state index < -0.39 is 0 Å². The van der Waals surface area contributed by atoms with Crippen molar-refractivity contribution >= 4 is 30.7 Å². The quantitative estimate of drug-likeness (QED) is 0.641. The highest BCUT2D eigenvalue weighted by atomic mass is 35.5. The molecule has 1 aromatic carbocycles. The van der Waals surface area contributed by atoms with Gasteiger partial charge in [0.1, 0.15) is 0 Å². The molecule has 0 unspecified atom stereocenters. The summed E-state index contributed by atoms with van der Waals surface area (Å²) in [7, 11) is 0. The van der Waals surface area contributed by atoms with Crippen molar-refractivity contribution in [1.29, 1.82) is 0 Å². The minimum Gasteiger partial charge on any atom is -0.352 e. The van der Waals surface area contributed by atoms with Crippen molar-refractivity contribution in [2.75, 3.05) is 19.6 Å². The van der Waals surface area contributed by atoms with Crippen LogP contribution in [0.5, 0.6) is 0 Å². The third kappa shape index (κ3) is 8.41. The molecule has 6 heteroatoms. The number of hydrogen-bond acceptors (Lipinski definition) is 3. The van der Waals surface area contributed by atoms with E-state index in [1.54, 1.807) is 0 Å². The number of rotatable bonds is 10. The SMILES string of the molecule is CCCN(CCC)CCCC(=O)NCc1ccc2c(c1)CNC2.Cl.Cl. The maximum absolute atomic E-state index is 12.0. The predicted octanol–water partition coefficient (Wildman–Crippen LogP) is 3.65. The highest BCUT2D eigenvalue weighted by Gasteiger charge is 2.10. The molecule has 0 saturated heterocycles. The molecule has 0 aromatic heterocycles. The fourth-order valence-electron chi connectivity index (χ4n) is 3.18. The van der Waals surface area contributed by atoms with E-state index in [0.29, 0.717) is 13.0 Å². The molecule has 0 atom stereocenters. The summed E-state index contributed by atoms with van der Waals surface area (Å²) < 4.78 is 0. The van der Waals surface area contributed by atoms with Crippen LogP contribution >= 0.6 is 24.8 Å². The normalized spacial score (nSPS) is 12.3. The zero-order valence-electron chi connectivity index (χ0n) is 15.5. The summed E-state index contributed by atoms with van der Waals surface area (Å²) in [6.07, 6.45) is 3.93. The minimum atomic E-state index is 0. The maximum atomic E-state index is 12.0. The smallest absolute Gasteiger partial charge is 0.220 e. The van der Waals surface area contributed by atoms with Gasteiger partial charge >= 0.3 is 0 Å². The third-order valence-corrected chi connectivity index (χ3v) is 4.35. The lowest BCUT2D eigenvalue weighted by molar-refractivity contribution is -0.121. The minimum absolute atomic E-state index is 0. The highest BCUT2D eigenvalue weighted by Crippen LogP contribution is 2.16. The molecule has 0 radical (unpaired) electrons. The Morgan fingerprint density at radius 3 is 2.44 bits per heavy atom. The van der Waals surface area contributed by atoms with Crippen LogP contribution in [0.2, 0.25) is 0 Å². The Labute approximate surface area is 164 Å². The molecule has 2 N–H and O–H groups in total. The summed E-state index contributed by atoms with van der Waals surface area (Å²) in [6.45, 7) is 10.3. The Morgan fingerprint density at radius 1 is 1.08 bits per heavy atom. The van der Waals surface area contributed by atoms with Crippen LogP contribution in [0.1, 0.15) is 56.2 Å². The summed E-state index contributed by atoms with van der Waals surface area (Å²) in [5, 5.41) is 6.40.